The van der Waals surface area contributed by atoms with Crippen molar-refractivity contribution < 1.29 is 27.9 Å². The quantitative estimate of drug-likeness (QED) is 0.372. The summed E-state index contributed by atoms with van der Waals surface area (Å²) < 4.78 is 34.8. The zero-order valence-electron chi connectivity index (χ0n) is 24.0. The Labute approximate surface area is 265 Å². The van der Waals surface area contributed by atoms with E-state index < -0.39 is 27.9 Å². The van der Waals surface area contributed by atoms with Crippen molar-refractivity contribution >= 4 is 56.3 Å². The molecule has 0 radical (unpaired) electrons. The number of pyridine rings is 1. The minimum absolute atomic E-state index is 0.0392. The molecule has 1 saturated carbocycles. The third kappa shape index (κ3) is 5.40. The summed E-state index contributed by atoms with van der Waals surface area (Å²) in [6.45, 7) is 1.09. The number of thiophene rings is 1. The molecule has 1 aromatic carbocycles. The van der Waals surface area contributed by atoms with E-state index >= 15 is 0 Å². The highest BCUT2D eigenvalue weighted by Crippen LogP contribution is 2.42. The van der Waals surface area contributed by atoms with Crippen LogP contribution >= 0.6 is 22.9 Å². The Morgan fingerprint density at radius 2 is 1.84 bits per heavy atom. The van der Waals surface area contributed by atoms with Crippen molar-refractivity contribution in [1.82, 2.24) is 9.29 Å². The molecular formula is C31H33ClN4O6S2. The lowest BCUT2D eigenvalue weighted by Crippen LogP contribution is -2.60. The SMILES string of the molecule is O=C(O)c1sc(-c2ccc(Cl)cc2)cc1N1C(=O)CN(S(=O)(=O)c2ccc(N3C[C@H]4CC3CO4)nc2)CC1C1CCCCC1. The summed E-state index contributed by atoms with van der Waals surface area (Å²) in [4.78, 5) is 35.5. The van der Waals surface area contributed by atoms with Gasteiger partial charge in [-0.3, -0.25) is 4.79 Å². The summed E-state index contributed by atoms with van der Waals surface area (Å²) >= 11 is 7.17. The molecule has 2 unspecified atom stereocenters. The maximum absolute atomic E-state index is 14.0. The minimum atomic E-state index is -4.04. The molecule has 1 amide bonds. The molecule has 0 spiro atoms. The van der Waals surface area contributed by atoms with E-state index in [2.05, 4.69) is 9.88 Å². The third-order valence-electron chi connectivity index (χ3n) is 9.34. The van der Waals surface area contributed by atoms with E-state index in [0.717, 1.165) is 67.8 Å². The van der Waals surface area contributed by atoms with Crippen LogP contribution in [0.3, 0.4) is 0 Å². The molecule has 1 N–H and O–H groups in total. The van der Waals surface area contributed by atoms with Crippen LogP contribution in [0.15, 0.2) is 53.6 Å². The fourth-order valence-electron chi connectivity index (χ4n) is 7.14. The minimum Gasteiger partial charge on any atom is -0.477 e. The number of rotatable bonds is 7. The summed E-state index contributed by atoms with van der Waals surface area (Å²) in [7, 11) is -4.04. The van der Waals surface area contributed by atoms with E-state index in [-0.39, 0.29) is 40.9 Å². The van der Waals surface area contributed by atoms with E-state index in [9.17, 15) is 23.1 Å². The van der Waals surface area contributed by atoms with Crippen molar-refractivity contribution in [3.05, 3.63) is 58.6 Å². The predicted molar refractivity (Wildman–Crippen MR) is 168 cm³/mol. The van der Waals surface area contributed by atoms with Crippen LogP contribution in [0.25, 0.3) is 10.4 Å². The molecule has 4 fully saturated rings. The Kier molecular flexibility index (Phi) is 7.90. The highest BCUT2D eigenvalue weighted by atomic mass is 35.5. The van der Waals surface area contributed by atoms with E-state index in [4.69, 9.17) is 16.3 Å². The predicted octanol–water partition coefficient (Wildman–Crippen LogP) is 5.13. The zero-order valence-corrected chi connectivity index (χ0v) is 26.4. The average molecular weight is 657 g/mol. The lowest BCUT2D eigenvalue weighted by Gasteiger charge is -2.44. The molecule has 232 valence electrons. The molecule has 13 heteroatoms. The molecule has 3 atom stereocenters. The fraction of sp³-hybridized carbons (Fsp3) is 0.452. The number of ether oxygens (including phenoxy) is 1. The lowest BCUT2D eigenvalue weighted by atomic mass is 9.82. The number of nitrogens with zero attached hydrogens (tertiary/aromatic N) is 4. The van der Waals surface area contributed by atoms with Crippen LogP contribution in [0.4, 0.5) is 11.5 Å². The number of hydrogen-bond acceptors (Lipinski definition) is 8. The first-order chi connectivity index (χ1) is 21.2. The Morgan fingerprint density at radius 1 is 1.07 bits per heavy atom. The van der Waals surface area contributed by atoms with Crippen LogP contribution in [0.5, 0.6) is 0 Å². The number of fused-ring (bicyclic) bond motifs is 2. The maximum Gasteiger partial charge on any atom is 0.348 e. The number of carbonyl (C=O) groups is 2. The van der Waals surface area contributed by atoms with Crippen LogP contribution in [-0.2, 0) is 19.6 Å². The number of piperazine rings is 1. The van der Waals surface area contributed by atoms with Gasteiger partial charge in [0.1, 0.15) is 15.6 Å². The Morgan fingerprint density at radius 3 is 2.48 bits per heavy atom. The number of sulfonamides is 1. The van der Waals surface area contributed by atoms with Crippen molar-refractivity contribution in [1.29, 1.82) is 0 Å². The second kappa shape index (κ2) is 11.7. The first-order valence-corrected chi connectivity index (χ1v) is 17.6. The number of carboxylic acid groups (broad SMARTS) is 1. The number of morpholine rings is 1. The molecule has 7 rings (SSSR count). The van der Waals surface area contributed by atoms with Crippen molar-refractivity contribution in [2.45, 2.75) is 61.6 Å². The van der Waals surface area contributed by atoms with Gasteiger partial charge in [-0.2, -0.15) is 4.31 Å². The number of benzene rings is 1. The smallest absolute Gasteiger partial charge is 0.348 e. The van der Waals surface area contributed by atoms with E-state index in [1.165, 1.54) is 10.5 Å². The van der Waals surface area contributed by atoms with E-state index in [1.54, 1.807) is 35.2 Å². The van der Waals surface area contributed by atoms with Crippen LogP contribution in [0.1, 0.15) is 48.2 Å². The van der Waals surface area contributed by atoms with Crippen LogP contribution in [-0.4, -0.2) is 79.1 Å². The van der Waals surface area contributed by atoms with E-state index in [0.29, 0.717) is 22.2 Å². The number of aromatic carboxylic acids is 1. The van der Waals surface area contributed by atoms with Crippen LogP contribution in [0, 0.1) is 5.92 Å². The Bertz CT molecular complexity index is 1670. The summed E-state index contributed by atoms with van der Waals surface area (Å²) in [5.74, 6) is -0.800. The largest absolute Gasteiger partial charge is 0.477 e. The monoisotopic (exact) mass is 656 g/mol. The topological polar surface area (TPSA) is 120 Å². The molecule has 44 heavy (non-hydrogen) atoms. The van der Waals surface area contributed by atoms with Crippen molar-refractivity contribution in [2.75, 3.05) is 36.0 Å². The first kappa shape index (κ1) is 29.7. The van der Waals surface area contributed by atoms with Crippen LogP contribution < -0.4 is 9.80 Å². The van der Waals surface area contributed by atoms with Gasteiger partial charge in [0.15, 0.2) is 0 Å². The second-order valence-electron chi connectivity index (χ2n) is 12.0. The van der Waals surface area contributed by atoms with Gasteiger partial charge in [0.05, 0.1) is 37.0 Å². The first-order valence-electron chi connectivity index (χ1n) is 15.0. The Hall–Kier alpha value is -3.03. The van der Waals surface area contributed by atoms with Gasteiger partial charge in [-0.05, 0) is 61.1 Å². The highest BCUT2D eigenvalue weighted by molar-refractivity contribution is 7.89. The molecule has 3 saturated heterocycles. The number of carboxylic acids is 1. The maximum atomic E-state index is 14.0. The molecule has 2 bridgehead atoms. The van der Waals surface area contributed by atoms with Gasteiger partial charge in [0.25, 0.3) is 0 Å². The number of amides is 1. The highest BCUT2D eigenvalue weighted by Gasteiger charge is 2.45. The lowest BCUT2D eigenvalue weighted by molar-refractivity contribution is -0.121. The van der Waals surface area contributed by atoms with E-state index in [1.807, 2.05) is 12.1 Å². The summed E-state index contributed by atoms with van der Waals surface area (Å²) in [6.07, 6.45) is 7.26. The summed E-state index contributed by atoms with van der Waals surface area (Å²) in [5, 5.41) is 10.7. The number of anilines is 2. The molecule has 3 aromatic rings. The van der Waals surface area contributed by atoms with Crippen LogP contribution in [0.2, 0.25) is 5.02 Å². The summed E-state index contributed by atoms with van der Waals surface area (Å²) in [5.41, 5.74) is 1.11. The van der Waals surface area contributed by atoms with Gasteiger partial charge in [-0.25, -0.2) is 18.2 Å². The van der Waals surface area contributed by atoms with Gasteiger partial charge < -0.3 is 19.6 Å². The number of halogens is 1. The molecule has 2 aromatic heterocycles. The van der Waals surface area contributed by atoms with Crippen molar-refractivity contribution in [3.8, 4) is 10.4 Å². The summed E-state index contributed by atoms with van der Waals surface area (Å²) in [6, 6.07) is 11.9. The molecule has 5 heterocycles. The number of aromatic nitrogens is 1. The van der Waals surface area contributed by atoms with Gasteiger partial charge in [0.2, 0.25) is 15.9 Å². The standard InChI is InChI=1S/C31H33ClN4O6S2/c32-21-8-6-20(7-9-21)27-13-25(30(43-27)31(38)39)36-26(19-4-2-1-3-5-19)16-34(17-29(36)37)44(40,41)24-10-11-28(33-14-24)35-15-23-12-22(35)18-42-23/h6-11,13-14,19,22-23,26H,1-5,12,15-18H2,(H,38,39)/t22?,23-,26?/m1/s1. The van der Waals surface area contributed by atoms with Crippen molar-refractivity contribution in [3.63, 3.8) is 0 Å². The molecule has 10 nitrogen and oxygen atoms in total. The molecular weight excluding hydrogens is 624 g/mol. The number of hydrogen-bond donors (Lipinski definition) is 1. The zero-order chi connectivity index (χ0) is 30.6. The van der Waals surface area contributed by atoms with Crippen molar-refractivity contribution in [2.24, 2.45) is 5.92 Å². The van der Waals surface area contributed by atoms with Gasteiger partial charge in [-0.1, -0.05) is 43.0 Å². The van der Waals surface area contributed by atoms with Gasteiger partial charge in [-0.15, -0.1) is 11.3 Å². The average Bonchev–Trinajstić information content (AvgIpc) is 3.78. The number of carbonyl (C=O) groups excluding carboxylic acids is 1. The molecule has 4 aliphatic rings. The third-order valence-corrected chi connectivity index (χ3v) is 12.6. The fourth-order valence-corrected chi connectivity index (χ4v) is 9.61. The molecule has 3 aliphatic heterocycles. The Balaban J connectivity index is 1.20. The second-order valence-corrected chi connectivity index (χ2v) is 15.4. The normalized spacial score (nSPS) is 24.8. The molecule has 1 aliphatic carbocycles. The van der Waals surface area contributed by atoms with Gasteiger partial charge >= 0.3 is 5.97 Å². The van der Waals surface area contributed by atoms with Gasteiger partial charge in [0, 0.05) is 29.2 Å².